The fraction of sp³-hybridized carbons (Fsp3) is 0.0577. The zero-order chi connectivity index (χ0) is 36.4. The van der Waals surface area contributed by atoms with E-state index in [0.29, 0.717) is 0 Å². The van der Waals surface area contributed by atoms with Crippen molar-refractivity contribution in [2.45, 2.75) is 19.3 Å². The van der Waals surface area contributed by atoms with E-state index in [-0.39, 0.29) is 5.41 Å². The molecule has 8 aromatic carbocycles. The van der Waals surface area contributed by atoms with Gasteiger partial charge < -0.3 is 4.57 Å². The SMILES string of the molecule is CC1(C)c2ccc3ccccc3c2-c2ccc3c4cc(-c5cc6c7ccccc7n(-c7ccccc7)c6c6ccccc56)ccc4n(-c4ccccn4)c3c21. The maximum absolute atomic E-state index is 4.97. The van der Waals surface area contributed by atoms with Crippen molar-refractivity contribution in [3.05, 3.63) is 187 Å². The van der Waals surface area contributed by atoms with Crippen LogP contribution in [0.2, 0.25) is 0 Å². The number of nitrogens with zero attached hydrogens (tertiary/aromatic N) is 3. The Balaban J connectivity index is 1.18. The van der Waals surface area contributed by atoms with E-state index in [1.54, 1.807) is 0 Å². The average Bonchev–Trinajstić information content (AvgIpc) is 3.84. The molecule has 11 aromatic rings. The third-order valence-corrected chi connectivity index (χ3v) is 12.3. The van der Waals surface area contributed by atoms with Crippen molar-refractivity contribution < 1.29 is 0 Å². The number of pyridine rings is 1. The third-order valence-electron chi connectivity index (χ3n) is 12.3. The van der Waals surface area contributed by atoms with Gasteiger partial charge in [-0.3, -0.25) is 4.57 Å². The molecule has 0 unspecified atom stereocenters. The Morgan fingerprint density at radius 1 is 0.455 bits per heavy atom. The molecule has 0 amide bonds. The summed E-state index contributed by atoms with van der Waals surface area (Å²) in [6.45, 7) is 4.79. The normalized spacial score (nSPS) is 13.4. The summed E-state index contributed by atoms with van der Waals surface area (Å²) in [7, 11) is 0. The highest BCUT2D eigenvalue weighted by molar-refractivity contribution is 6.23. The number of para-hydroxylation sites is 2. The summed E-state index contributed by atoms with van der Waals surface area (Å²) in [6, 6.07) is 62.4. The molecule has 55 heavy (non-hydrogen) atoms. The molecule has 0 bridgehead atoms. The van der Waals surface area contributed by atoms with E-state index in [2.05, 4.69) is 187 Å². The maximum atomic E-state index is 4.97. The molecule has 3 aromatic heterocycles. The van der Waals surface area contributed by atoms with Crippen LogP contribution in [0.1, 0.15) is 25.0 Å². The Bertz CT molecular complexity index is 3380. The number of rotatable bonds is 3. The molecule has 1 aliphatic carbocycles. The van der Waals surface area contributed by atoms with Gasteiger partial charge in [-0.1, -0.05) is 135 Å². The quantitative estimate of drug-likeness (QED) is 0.180. The van der Waals surface area contributed by atoms with Gasteiger partial charge in [0.15, 0.2) is 0 Å². The lowest BCUT2D eigenvalue weighted by Gasteiger charge is -2.23. The summed E-state index contributed by atoms with van der Waals surface area (Å²) in [5, 5.41) is 10.1. The highest BCUT2D eigenvalue weighted by Gasteiger charge is 2.39. The first kappa shape index (κ1) is 30.5. The molecule has 0 atom stereocenters. The van der Waals surface area contributed by atoms with Crippen LogP contribution in [0.5, 0.6) is 0 Å². The molecule has 0 fully saturated rings. The average molecular weight is 702 g/mol. The van der Waals surface area contributed by atoms with Crippen LogP contribution in [0, 0.1) is 0 Å². The van der Waals surface area contributed by atoms with Crippen LogP contribution in [0.25, 0.3) is 98.9 Å². The molecule has 3 nitrogen and oxygen atoms in total. The molecule has 3 heterocycles. The Hall–Kier alpha value is -6.97. The Labute approximate surface area is 318 Å². The van der Waals surface area contributed by atoms with Crippen molar-refractivity contribution in [3.8, 4) is 33.8 Å². The Morgan fingerprint density at radius 2 is 1.16 bits per heavy atom. The van der Waals surface area contributed by atoms with Crippen LogP contribution in [0.4, 0.5) is 0 Å². The van der Waals surface area contributed by atoms with Crippen LogP contribution in [-0.2, 0) is 5.41 Å². The van der Waals surface area contributed by atoms with Gasteiger partial charge in [-0.05, 0) is 98.1 Å². The minimum Gasteiger partial charge on any atom is -0.309 e. The summed E-state index contributed by atoms with van der Waals surface area (Å²) in [4.78, 5) is 4.97. The smallest absolute Gasteiger partial charge is 0.137 e. The second-order valence-corrected chi connectivity index (χ2v) is 15.5. The summed E-state index contributed by atoms with van der Waals surface area (Å²) in [6.07, 6.45) is 1.91. The molecule has 12 rings (SSSR count). The lowest BCUT2D eigenvalue weighted by molar-refractivity contribution is 0.664. The predicted molar refractivity (Wildman–Crippen MR) is 231 cm³/mol. The van der Waals surface area contributed by atoms with Gasteiger partial charge in [-0.15, -0.1) is 0 Å². The number of benzene rings is 8. The van der Waals surface area contributed by atoms with E-state index in [4.69, 9.17) is 4.98 Å². The van der Waals surface area contributed by atoms with Crippen molar-refractivity contribution in [2.24, 2.45) is 0 Å². The topological polar surface area (TPSA) is 22.8 Å². The fourth-order valence-electron chi connectivity index (χ4n) is 9.96. The van der Waals surface area contributed by atoms with Crippen LogP contribution >= 0.6 is 0 Å². The summed E-state index contributed by atoms with van der Waals surface area (Å²) < 4.78 is 4.85. The molecule has 0 N–H and O–H groups in total. The van der Waals surface area contributed by atoms with Crippen molar-refractivity contribution in [2.75, 3.05) is 0 Å². The first-order valence-electron chi connectivity index (χ1n) is 19.1. The van der Waals surface area contributed by atoms with Crippen LogP contribution in [-0.4, -0.2) is 14.1 Å². The zero-order valence-corrected chi connectivity index (χ0v) is 30.6. The summed E-state index contributed by atoms with van der Waals surface area (Å²) in [5.41, 5.74) is 13.7. The molecule has 0 spiro atoms. The molecule has 0 saturated carbocycles. The molecular weight excluding hydrogens is 667 g/mol. The zero-order valence-electron chi connectivity index (χ0n) is 30.6. The second kappa shape index (κ2) is 11.0. The molecule has 0 aliphatic heterocycles. The lowest BCUT2D eigenvalue weighted by atomic mass is 9.81. The number of hydrogen-bond acceptors (Lipinski definition) is 1. The van der Waals surface area contributed by atoms with E-state index in [1.807, 2.05) is 12.3 Å². The fourth-order valence-corrected chi connectivity index (χ4v) is 9.96. The van der Waals surface area contributed by atoms with E-state index in [9.17, 15) is 0 Å². The van der Waals surface area contributed by atoms with Crippen molar-refractivity contribution in [1.29, 1.82) is 0 Å². The van der Waals surface area contributed by atoms with Gasteiger partial charge in [0.05, 0.1) is 22.1 Å². The first-order chi connectivity index (χ1) is 27.1. The van der Waals surface area contributed by atoms with Gasteiger partial charge >= 0.3 is 0 Å². The maximum Gasteiger partial charge on any atom is 0.137 e. The van der Waals surface area contributed by atoms with E-state index in [0.717, 1.165) is 11.3 Å². The monoisotopic (exact) mass is 701 g/mol. The van der Waals surface area contributed by atoms with Gasteiger partial charge in [0, 0.05) is 44.2 Å². The second-order valence-electron chi connectivity index (χ2n) is 15.5. The molecule has 3 heteroatoms. The van der Waals surface area contributed by atoms with Gasteiger partial charge in [0.2, 0.25) is 0 Å². The van der Waals surface area contributed by atoms with E-state index in [1.165, 1.54) is 98.7 Å². The van der Waals surface area contributed by atoms with Gasteiger partial charge in [0.1, 0.15) is 5.82 Å². The molecule has 1 aliphatic rings. The Morgan fingerprint density at radius 3 is 2.00 bits per heavy atom. The highest BCUT2D eigenvalue weighted by atomic mass is 15.1. The molecular formula is C52H35N3. The summed E-state index contributed by atoms with van der Waals surface area (Å²) in [5.74, 6) is 0.931. The molecule has 0 saturated heterocycles. The standard InChI is InChI=1S/C52H35N3/c1-52(2)44-27-23-32-14-6-7-17-35(32)48(44)40-26-25-39-42-30-33(24-28-46(42)55(51(39)49(40)52)47-22-12-13-29-53-47)41-31-43-37-19-10-11-21-45(37)54(34-15-4-3-5-16-34)50(43)38-20-9-8-18-36(38)41/h3-31H,1-2H3. The van der Waals surface area contributed by atoms with Crippen LogP contribution < -0.4 is 0 Å². The Kier molecular flexibility index (Phi) is 6.12. The van der Waals surface area contributed by atoms with Gasteiger partial charge in [-0.25, -0.2) is 4.98 Å². The minimum atomic E-state index is -0.216. The summed E-state index contributed by atoms with van der Waals surface area (Å²) >= 11 is 0. The molecule has 0 radical (unpaired) electrons. The first-order valence-corrected chi connectivity index (χ1v) is 19.1. The molecule has 258 valence electrons. The highest BCUT2D eigenvalue weighted by Crippen LogP contribution is 2.55. The van der Waals surface area contributed by atoms with Crippen LogP contribution in [0.15, 0.2) is 176 Å². The van der Waals surface area contributed by atoms with Crippen molar-refractivity contribution >= 4 is 65.2 Å². The van der Waals surface area contributed by atoms with Crippen molar-refractivity contribution in [3.63, 3.8) is 0 Å². The minimum absolute atomic E-state index is 0.216. The van der Waals surface area contributed by atoms with Gasteiger partial charge in [-0.2, -0.15) is 0 Å². The van der Waals surface area contributed by atoms with E-state index >= 15 is 0 Å². The number of fused-ring (bicyclic) bond motifs is 14. The lowest BCUT2D eigenvalue weighted by Crippen LogP contribution is -2.16. The van der Waals surface area contributed by atoms with Crippen molar-refractivity contribution in [1.82, 2.24) is 14.1 Å². The van der Waals surface area contributed by atoms with E-state index < -0.39 is 0 Å². The third kappa shape index (κ3) is 4.07. The largest absolute Gasteiger partial charge is 0.309 e. The van der Waals surface area contributed by atoms with Gasteiger partial charge in [0.25, 0.3) is 0 Å². The number of aromatic nitrogens is 3. The predicted octanol–water partition coefficient (Wildman–Crippen LogP) is 13.6. The van der Waals surface area contributed by atoms with Crippen LogP contribution in [0.3, 0.4) is 0 Å². The number of hydrogen-bond donors (Lipinski definition) is 0.